The summed E-state index contributed by atoms with van der Waals surface area (Å²) in [5.41, 5.74) is 1.96. The number of benzene rings is 1. The Morgan fingerprint density at radius 3 is 3.12 bits per heavy atom. The zero-order valence-corrected chi connectivity index (χ0v) is 14.3. The Morgan fingerprint density at radius 1 is 1.48 bits per heavy atom. The normalized spacial score (nSPS) is 17.4. The lowest BCUT2D eigenvalue weighted by Gasteiger charge is -2.35. The molecular weight excluding hydrogens is 323 g/mol. The van der Waals surface area contributed by atoms with E-state index in [1.807, 2.05) is 11.1 Å². The van der Waals surface area contributed by atoms with Crippen molar-refractivity contribution in [3.05, 3.63) is 47.5 Å². The van der Waals surface area contributed by atoms with Crippen LogP contribution in [0.15, 0.2) is 30.6 Å². The van der Waals surface area contributed by atoms with Crippen molar-refractivity contribution in [2.75, 3.05) is 20.2 Å². The van der Waals surface area contributed by atoms with E-state index in [1.54, 1.807) is 18.3 Å². The van der Waals surface area contributed by atoms with E-state index >= 15 is 0 Å². The molecule has 134 valence electrons. The van der Waals surface area contributed by atoms with Gasteiger partial charge in [0.25, 0.3) is 0 Å². The fraction of sp³-hybridized carbons (Fsp3) is 0.444. The standard InChI is InChI=1S/C18H23FN4O2/c1-25-17-10-13(5-6-15(17)19)7-8-20-18(24)23-9-3-2-4-16(23)14-11-21-22-12-14/h5-6,10-12,16H,2-4,7-9H2,1H3,(H,20,24)(H,21,22). The fourth-order valence-corrected chi connectivity index (χ4v) is 3.24. The second kappa shape index (κ2) is 8.00. The maximum Gasteiger partial charge on any atom is 0.317 e. The second-order valence-corrected chi connectivity index (χ2v) is 6.19. The number of carbonyl (C=O) groups excluding carboxylic acids is 1. The highest BCUT2D eigenvalue weighted by Gasteiger charge is 2.28. The predicted molar refractivity (Wildman–Crippen MR) is 91.9 cm³/mol. The number of aromatic nitrogens is 2. The number of nitrogens with one attached hydrogen (secondary N) is 2. The van der Waals surface area contributed by atoms with E-state index < -0.39 is 0 Å². The van der Waals surface area contributed by atoms with E-state index in [1.165, 1.54) is 13.2 Å². The smallest absolute Gasteiger partial charge is 0.317 e. The first kappa shape index (κ1) is 17.3. The molecule has 25 heavy (non-hydrogen) atoms. The fourth-order valence-electron chi connectivity index (χ4n) is 3.24. The van der Waals surface area contributed by atoms with Gasteiger partial charge in [-0.05, 0) is 43.4 Å². The molecule has 3 rings (SSSR count). The first-order valence-corrected chi connectivity index (χ1v) is 8.54. The third-order valence-corrected chi connectivity index (χ3v) is 4.57. The molecule has 7 heteroatoms. The molecule has 1 aliphatic rings. The molecule has 1 saturated heterocycles. The van der Waals surface area contributed by atoms with Gasteiger partial charge >= 0.3 is 6.03 Å². The summed E-state index contributed by atoms with van der Waals surface area (Å²) < 4.78 is 18.4. The summed E-state index contributed by atoms with van der Waals surface area (Å²) in [4.78, 5) is 14.4. The van der Waals surface area contributed by atoms with Crippen LogP contribution in [-0.4, -0.2) is 41.3 Å². The quantitative estimate of drug-likeness (QED) is 0.874. The Balaban J connectivity index is 1.56. The van der Waals surface area contributed by atoms with Crippen molar-refractivity contribution in [3.8, 4) is 5.75 Å². The van der Waals surface area contributed by atoms with Gasteiger partial charge in [-0.15, -0.1) is 0 Å². The zero-order valence-electron chi connectivity index (χ0n) is 14.3. The third-order valence-electron chi connectivity index (χ3n) is 4.57. The molecule has 0 bridgehead atoms. The number of piperidine rings is 1. The number of ether oxygens (including phenoxy) is 1. The lowest BCUT2D eigenvalue weighted by atomic mass is 9.98. The Bertz CT molecular complexity index is 705. The Kier molecular flexibility index (Phi) is 5.53. The topological polar surface area (TPSA) is 70.2 Å². The van der Waals surface area contributed by atoms with Gasteiger partial charge in [-0.3, -0.25) is 5.10 Å². The van der Waals surface area contributed by atoms with E-state index in [9.17, 15) is 9.18 Å². The highest BCUT2D eigenvalue weighted by molar-refractivity contribution is 5.74. The molecule has 1 unspecified atom stereocenters. The van der Waals surface area contributed by atoms with E-state index in [2.05, 4.69) is 15.5 Å². The summed E-state index contributed by atoms with van der Waals surface area (Å²) in [7, 11) is 1.44. The first-order valence-electron chi connectivity index (χ1n) is 8.54. The van der Waals surface area contributed by atoms with Crippen molar-refractivity contribution >= 4 is 6.03 Å². The van der Waals surface area contributed by atoms with Gasteiger partial charge < -0.3 is 15.0 Å². The van der Waals surface area contributed by atoms with Crippen molar-refractivity contribution < 1.29 is 13.9 Å². The Labute approximate surface area is 146 Å². The Hall–Kier alpha value is -2.57. The molecule has 0 spiro atoms. The number of nitrogens with zero attached hydrogens (tertiary/aromatic N) is 2. The minimum Gasteiger partial charge on any atom is -0.494 e. The summed E-state index contributed by atoms with van der Waals surface area (Å²) >= 11 is 0. The molecule has 0 aliphatic carbocycles. The number of aromatic amines is 1. The van der Waals surface area contributed by atoms with Crippen LogP contribution in [0.1, 0.15) is 36.4 Å². The van der Waals surface area contributed by atoms with Gasteiger partial charge in [-0.2, -0.15) is 5.10 Å². The van der Waals surface area contributed by atoms with Gasteiger partial charge in [0.05, 0.1) is 19.3 Å². The molecule has 1 aliphatic heterocycles. The molecule has 0 radical (unpaired) electrons. The van der Waals surface area contributed by atoms with Crippen LogP contribution < -0.4 is 10.1 Å². The number of amides is 2. The number of methoxy groups -OCH3 is 1. The Morgan fingerprint density at radius 2 is 2.36 bits per heavy atom. The molecule has 2 aromatic rings. The monoisotopic (exact) mass is 346 g/mol. The van der Waals surface area contributed by atoms with Gasteiger partial charge in [0, 0.05) is 24.8 Å². The highest BCUT2D eigenvalue weighted by Crippen LogP contribution is 2.30. The largest absolute Gasteiger partial charge is 0.494 e. The van der Waals surface area contributed by atoms with E-state index in [-0.39, 0.29) is 23.6 Å². The van der Waals surface area contributed by atoms with Crippen LogP contribution in [0.4, 0.5) is 9.18 Å². The molecular formula is C18H23FN4O2. The van der Waals surface area contributed by atoms with Crippen molar-refractivity contribution in [2.45, 2.75) is 31.7 Å². The van der Waals surface area contributed by atoms with E-state index in [0.717, 1.165) is 36.9 Å². The third kappa shape index (κ3) is 4.10. The maximum absolute atomic E-state index is 13.4. The minimum atomic E-state index is -0.383. The summed E-state index contributed by atoms with van der Waals surface area (Å²) in [6.45, 7) is 1.23. The maximum atomic E-state index is 13.4. The molecule has 1 aromatic heterocycles. The van der Waals surface area contributed by atoms with Crippen LogP contribution in [0, 0.1) is 5.82 Å². The van der Waals surface area contributed by atoms with Crippen LogP contribution in [0.5, 0.6) is 5.75 Å². The number of carbonyl (C=O) groups is 1. The van der Waals surface area contributed by atoms with E-state index in [0.29, 0.717) is 13.0 Å². The number of hydrogen-bond donors (Lipinski definition) is 2. The highest BCUT2D eigenvalue weighted by atomic mass is 19.1. The van der Waals surface area contributed by atoms with Crippen LogP contribution in [-0.2, 0) is 6.42 Å². The summed E-state index contributed by atoms with van der Waals surface area (Å²) in [6, 6.07) is 4.75. The number of halogens is 1. The average Bonchev–Trinajstić information content (AvgIpc) is 3.17. The zero-order chi connectivity index (χ0) is 17.6. The van der Waals surface area contributed by atoms with Gasteiger partial charge in [-0.1, -0.05) is 6.07 Å². The van der Waals surface area contributed by atoms with Gasteiger partial charge in [0.15, 0.2) is 11.6 Å². The van der Waals surface area contributed by atoms with E-state index in [4.69, 9.17) is 4.74 Å². The molecule has 1 atom stereocenters. The number of H-pyrrole nitrogens is 1. The van der Waals surface area contributed by atoms with Crippen LogP contribution in [0.2, 0.25) is 0 Å². The van der Waals surface area contributed by atoms with Gasteiger partial charge in [-0.25, -0.2) is 9.18 Å². The van der Waals surface area contributed by atoms with Gasteiger partial charge in [0.1, 0.15) is 0 Å². The van der Waals surface area contributed by atoms with Crippen molar-refractivity contribution in [1.29, 1.82) is 0 Å². The lowest BCUT2D eigenvalue weighted by molar-refractivity contribution is 0.151. The molecule has 2 amide bonds. The molecule has 6 nitrogen and oxygen atoms in total. The number of urea groups is 1. The SMILES string of the molecule is COc1cc(CCNC(=O)N2CCCCC2c2cn[nH]c2)ccc1F. The van der Waals surface area contributed by atoms with Gasteiger partial charge in [0.2, 0.25) is 0 Å². The number of rotatable bonds is 5. The lowest BCUT2D eigenvalue weighted by Crippen LogP contribution is -2.45. The van der Waals surface area contributed by atoms with Crippen molar-refractivity contribution in [2.24, 2.45) is 0 Å². The number of likely N-dealkylation sites (tertiary alicyclic amines) is 1. The summed E-state index contributed by atoms with van der Waals surface area (Å²) in [5.74, 6) is -0.161. The first-order chi connectivity index (χ1) is 12.2. The summed E-state index contributed by atoms with van der Waals surface area (Å²) in [6.07, 6.45) is 7.31. The molecule has 1 aromatic carbocycles. The van der Waals surface area contributed by atoms with Crippen molar-refractivity contribution in [3.63, 3.8) is 0 Å². The van der Waals surface area contributed by atoms with Crippen LogP contribution in [0.3, 0.4) is 0 Å². The average molecular weight is 346 g/mol. The molecule has 1 fully saturated rings. The second-order valence-electron chi connectivity index (χ2n) is 6.19. The number of hydrogen-bond acceptors (Lipinski definition) is 3. The minimum absolute atomic E-state index is 0.0680. The molecule has 2 heterocycles. The van der Waals surface area contributed by atoms with Crippen LogP contribution >= 0.6 is 0 Å². The van der Waals surface area contributed by atoms with Crippen LogP contribution in [0.25, 0.3) is 0 Å². The van der Waals surface area contributed by atoms with Crippen molar-refractivity contribution in [1.82, 2.24) is 20.4 Å². The molecule has 0 saturated carbocycles. The predicted octanol–water partition coefficient (Wildman–Crippen LogP) is 3.04. The molecule has 2 N–H and O–H groups in total. The summed E-state index contributed by atoms with van der Waals surface area (Å²) in [5, 5.41) is 9.77.